The van der Waals surface area contributed by atoms with Crippen molar-refractivity contribution >= 4 is 5.97 Å². The second kappa shape index (κ2) is 7.94. The number of ether oxygens (including phenoxy) is 1. The zero-order valence-corrected chi connectivity index (χ0v) is 15.1. The summed E-state index contributed by atoms with van der Waals surface area (Å²) >= 11 is 0. The monoisotopic (exact) mass is 363 g/mol. The predicted molar refractivity (Wildman–Crippen MR) is 102 cm³/mol. The summed E-state index contributed by atoms with van der Waals surface area (Å²) in [6.07, 6.45) is 3.47. The van der Waals surface area contributed by atoms with E-state index in [4.69, 9.17) is 4.74 Å². The number of benzene rings is 2. The first kappa shape index (κ1) is 17.8. The Kier molecular flexibility index (Phi) is 5.22. The van der Waals surface area contributed by atoms with Crippen LogP contribution in [-0.4, -0.2) is 19.1 Å². The topological polar surface area (TPSA) is 38.3 Å². The van der Waals surface area contributed by atoms with Gasteiger partial charge in [-0.25, -0.2) is 4.39 Å². The Balaban J connectivity index is 1.45. The third kappa shape index (κ3) is 4.20. The highest BCUT2D eigenvalue weighted by molar-refractivity contribution is 5.73. The summed E-state index contributed by atoms with van der Waals surface area (Å²) in [5.74, 6) is 5.69. The molecule has 138 valence electrons. The number of rotatable bonds is 2. The SMILES string of the molecule is O=C(OC1CCc2cc(C#Cc3cccc(F)c3)ccc21)C1CCCNC1. The smallest absolute Gasteiger partial charge is 0.310 e. The van der Waals surface area contributed by atoms with E-state index in [9.17, 15) is 9.18 Å². The largest absolute Gasteiger partial charge is 0.457 e. The Morgan fingerprint density at radius 1 is 1.11 bits per heavy atom. The fourth-order valence-corrected chi connectivity index (χ4v) is 3.78. The van der Waals surface area contributed by atoms with E-state index in [1.54, 1.807) is 12.1 Å². The molecule has 2 unspecified atom stereocenters. The van der Waals surface area contributed by atoms with Crippen molar-refractivity contribution in [1.29, 1.82) is 0 Å². The maximum Gasteiger partial charge on any atom is 0.310 e. The van der Waals surface area contributed by atoms with Crippen molar-refractivity contribution in [3.63, 3.8) is 0 Å². The van der Waals surface area contributed by atoms with Crippen LogP contribution in [0, 0.1) is 23.6 Å². The maximum absolute atomic E-state index is 13.2. The molecule has 2 aromatic carbocycles. The van der Waals surface area contributed by atoms with E-state index in [0.29, 0.717) is 12.1 Å². The zero-order valence-electron chi connectivity index (χ0n) is 15.1. The fourth-order valence-electron chi connectivity index (χ4n) is 3.78. The molecule has 1 aliphatic heterocycles. The number of aryl methyl sites for hydroxylation is 1. The molecule has 0 bridgehead atoms. The molecule has 0 aromatic heterocycles. The van der Waals surface area contributed by atoms with E-state index in [2.05, 4.69) is 23.2 Å². The number of halogens is 1. The molecule has 0 saturated carbocycles. The zero-order chi connectivity index (χ0) is 18.6. The third-order valence-electron chi connectivity index (χ3n) is 5.23. The van der Waals surface area contributed by atoms with Crippen LogP contribution in [0.15, 0.2) is 42.5 Å². The van der Waals surface area contributed by atoms with Crippen molar-refractivity contribution in [2.24, 2.45) is 5.92 Å². The molecule has 2 aliphatic rings. The predicted octanol–water partition coefficient (Wildman–Crippen LogP) is 3.76. The normalized spacial score (nSPS) is 21.1. The first-order valence-corrected chi connectivity index (χ1v) is 9.51. The number of hydrogen-bond donors (Lipinski definition) is 1. The number of nitrogens with one attached hydrogen (secondary N) is 1. The van der Waals surface area contributed by atoms with Gasteiger partial charge in [-0.15, -0.1) is 0 Å². The number of piperidine rings is 1. The fraction of sp³-hybridized carbons (Fsp3) is 0.348. The molecule has 1 saturated heterocycles. The summed E-state index contributed by atoms with van der Waals surface area (Å²) in [7, 11) is 0. The molecule has 1 N–H and O–H groups in total. The molecule has 4 rings (SSSR count). The molecule has 2 aromatic rings. The maximum atomic E-state index is 13.2. The average molecular weight is 363 g/mol. The van der Waals surface area contributed by atoms with Gasteiger partial charge in [-0.3, -0.25) is 4.79 Å². The Morgan fingerprint density at radius 3 is 2.74 bits per heavy atom. The summed E-state index contributed by atoms with van der Waals surface area (Å²) in [4.78, 5) is 12.4. The van der Waals surface area contributed by atoms with Gasteiger partial charge < -0.3 is 10.1 Å². The molecule has 0 spiro atoms. The van der Waals surface area contributed by atoms with Crippen LogP contribution in [0.3, 0.4) is 0 Å². The van der Waals surface area contributed by atoms with Crippen LogP contribution in [0.4, 0.5) is 4.39 Å². The lowest BCUT2D eigenvalue weighted by Crippen LogP contribution is -2.35. The quantitative estimate of drug-likeness (QED) is 0.652. The van der Waals surface area contributed by atoms with Crippen molar-refractivity contribution in [3.05, 3.63) is 70.5 Å². The van der Waals surface area contributed by atoms with E-state index < -0.39 is 0 Å². The van der Waals surface area contributed by atoms with Crippen LogP contribution < -0.4 is 5.32 Å². The Morgan fingerprint density at radius 2 is 1.96 bits per heavy atom. The van der Waals surface area contributed by atoms with Crippen molar-refractivity contribution in [3.8, 4) is 11.8 Å². The minimum absolute atomic E-state index is 0.0285. The molecular weight excluding hydrogens is 341 g/mol. The molecule has 3 nitrogen and oxygen atoms in total. The second-order valence-corrected chi connectivity index (χ2v) is 7.18. The number of fused-ring (bicyclic) bond motifs is 1. The van der Waals surface area contributed by atoms with Crippen molar-refractivity contribution in [2.45, 2.75) is 31.8 Å². The Hall–Kier alpha value is -2.64. The van der Waals surface area contributed by atoms with E-state index >= 15 is 0 Å². The highest BCUT2D eigenvalue weighted by Crippen LogP contribution is 2.35. The van der Waals surface area contributed by atoms with Crippen LogP contribution in [0.5, 0.6) is 0 Å². The third-order valence-corrected chi connectivity index (χ3v) is 5.23. The number of hydrogen-bond acceptors (Lipinski definition) is 3. The minimum atomic E-state index is -0.284. The molecule has 4 heteroatoms. The van der Waals surface area contributed by atoms with Gasteiger partial charge in [0.2, 0.25) is 0 Å². The van der Waals surface area contributed by atoms with E-state index in [1.807, 2.05) is 12.1 Å². The standard InChI is InChI=1S/C23H22FNO2/c24-20-5-1-3-16(14-20)6-7-17-8-10-21-18(13-17)9-11-22(21)27-23(26)19-4-2-12-25-15-19/h1,3,5,8,10,13-14,19,22,25H,2,4,9,11-12,15H2. The Labute approximate surface area is 158 Å². The van der Waals surface area contributed by atoms with Gasteiger partial charge in [0.25, 0.3) is 0 Å². The number of esters is 1. The highest BCUT2D eigenvalue weighted by Gasteiger charge is 2.29. The first-order valence-electron chi connectivity index (χ1n) is 9.51. The number of carbonyl (C=O) groups excluding carboxylic acids is 1. The summed E-state index contributed by atoms with van der Waals surface area (Å²) < 4.78 is 19.0. The molecule has 2 atom stereocenters. The van der Waals surface area contributed by atoms with E-state index in [-0.39, 0.29) is 23.8 Å². The summed E-state index contributed by atoms with van der Waals surface area (Å²) in [5, 5.41) is 3.26. The molecule has 1 fully saturated rings. The van der Waals surface area contributed by atoms with Gasteiger partial charge in [0.05, 0.1) is 5.92 Å². The summed E-state index contributed by atoms with van der Waals surface area (Å²) in [5.41, 5.74) is 3.81. The van der Waals surface area contributed by atoms with Crippen LogP contribution in [-0.2, 0) is 16.0 Å². The van der Waals surface area contributed by atoms with Crippen LogP contribution in [0.1, 0.15) is 47.6 Å². The lowest BCUT2D eigenvalue weighted by Gasteiger charge is -2.23. The Bertz CT molecular complexity index is 906. The van der Waals surface area contributed by atoms with Gasteiger partial charge in [-0.05, 0) is 73.7 Å². The van der Waals surface area contributed by atoms with Gasteiger partial charge in [-0.2, -0.15) is 0 Å². The van der Waals surface area contributed by atoms with Crippen molar-refractivity contribution in [1.82, 2.24) is 5.32 Å². The average Bonchev–Trinajstić information content (AvgIpc) is 3.09. The number of carbonyl (C=O) groups is 1. The first-order chi connectivity index (χ1) is 13.2. The van der Waals surface area contributed by atoms with Crippen molar-refractivity contribution < 1.29 is 13.9 Å². The molecule has 27 heavy (non-hydrogen) atoms. The van der Waals surface area contributed by atoms with Crippen LogP contribution in [0.2, 0.25) is 0 Å². The second-order valence-electron chi connectivity index (χ2n) is 7.18. The minimum Gasteiger partial charge on any atom is -0.457 e. The highest BCUT2D eigenvalue weighted by atomic mass is 19.1. The molecule has 1 aliphatic carbocycles. The lowest BCUT2D eigenvalue weighted by molar-refractivity contribution is -0.155. The molecule has 1 heterocycles. The van der Waals surface area contributed by atoms with Crippen LogP contribution >= 0.6 is 0 Å². The molecule has 0 amide bonds. The summed E-state index contributed by atoms with van der Waals surface area (Å²) in [6.45, 7) is 1.70. The lowest BCUT2D eigenvalue weighted by atomic mass is 10.00. The molecule has 0 radical (unpaired) electrons. The van der Waals surface area contributed by atoms with Gasteiger partial charge >= 0.3 is 5.97 Å². The van der Waals surface area contributed by atoms with E-state index in [0.717, 1.165) is 43.4 Å². The van der Waals surface area contributed by atoms with Gasteiger partial charge in [-0.1, -0.05) is 24.0 Å². The molecular formula is C23H22FNO2. The summed E-state index contributed by atoms with van der Waals surface area (Å²) in [6, 6.07) is 12.3. The van der Waals surface area contributed by atoms with Gasteiger partial charge in [0.1, 0.15) is 11.9 Å². The van der Waals surface area contributed by atoms with Gasteiger partial charge in [0.15, 0.2) is 0 Å². The van der Waals surface area contributed by atoms with Crippen LogP contribution in [0.25, 0.3) is 0 Å². The van der Waals surface area contributed by atoms with E-state index in [1.165, 1.54) is 17.7 Å². The van der Waals surface area contributed by atoms with Crippen molar-refractivity contribution in [2.75, 3.05) is 13.1 Å². The van der Waals surface area contributed by atoms with Gasteiger partial charge in [0, 0.05) is 17.7 Å².